The average Bonchev–Trinajstić information content (AvgIpc) is 2.64. The molecule has 1 atom stereocenters. The smallest absolute Gasteiger partial charge is 0.222 e. The zero-order valence-corrected chi connectivity index (χ0v) is 8.75. The van der Waals surface area contributed by atoms with Gasteiger partial charge in [0, 0.05) is 26.1 Å². The summed E-state index contributed by atoms with van der Waals surface area (Å²) in [6, 6.07) is 0.311. The van der Waals surface area contributed by atoms with Crippen molar-refractivity contribution >= 4 is 22.4 Å². The molecule has 1 unspecified atom stereocenters. The van der Waals surface area contributed by atoms with Crippen LogP contribution < -0.4 is 5.32 Å². The molecule has 2 rings (SSSR count). The molecule has 5 nitrogen and oxygen atoms in total. The van der Waals surface area contributed by atoms with E-state index >= 15 is 0 Å². The highest BCUT2D eigenvalue weighted by molar-refractivity contribution is 7.13. The monoisotopic (exact) mass is 212 g/mol. The fourth-order valence-corrected chi connectivity index (χ4v) is 2.06. The fourth-order valence-electron chi connectivity index (χ4n) is 1.54. The van der Waals surface area contributed by atoms with Crippen molar-refractivity contribution in [3.05, 3.63) is 5.51 Å². The molecule has 0 aromatic carbocycles. The number of anilines is 1. The van der Waals surface area contributed by atoms with Gasteiger partial charge in [0.2, 0.25) is 11.0 Å². The van der Waals surface area contributed by atoms with Crippen molar-refractivity contribution < 1.29 is 4.79 Å². The van der Waals surface area contributed by atoms with E-state index in [1.54, 1.807) is 10.4 Å². The van der Waals surface area contributed by atoms with Crippen LogP contribution >= 0.6 is 11.3 Å². The van der Waals surface area contributed by atoms with Crippen molar-refractivity contribution in [3.63, 3.8) is 0 Å². The normalized spacial score (nSPS) is 22.5. The first kappa shape index (κ1) is 9.39. The molecule has 6 heteroatoms. The van der Waals surface area contributed by atoms with Gasteiger partial charge in [0.1, 0.15) is 5.51 Å². The summed E-state index contributed by atoms with van der Waals surface area (Å²) in [5.74, 6) is 0.223. The lowest BCUT2D eigenvalue weighted by molar-refractivity contribution is -0.132. The van der Waals surface area contributed by atoms with Crippen molar-refractivity contribution in [1.29, 1.82) is 0 Å². The number of carbonyl (C=O) groups is 1. The lowest BCUT2D eigenvalue weighted by Crippen LogP contribution is -2.43. The summed E-state index contributed by atoms with van der Waals surface area (Å²) in [4.78, 5) is 13.0. The van der Waals surface area contributed by atoms with Crippen LogP contribution in [0.15, 0.2) is 5.51 Å². The van der Waals surface area contributed by atoms with E-state index in [9.17, 15) is 4.79 Å². The first-order valence-electron chi connectivity index (χ1n) is 4.52. The van der Waals surface area contributed by atoms with E-state index in [4.69, 9.17) is 0 Å². The lowest BCUT2D eigenvalue weighted by Gasteiger charge is -2.29. The first-order valence-corrected chi connectivity index (χ1v) is 5.40. The SMILES string of the molecule is CN1CC(Nc2nncs2)CCC1=O. The number of piperidine rings is 1. The number of nitrogens with one attached hydrogen (secondary N) is 1. The van der Waals surface area contributed by atoms with Crippen LogP contribution in [0, 0.1) is 0 Å². The molecule has 0 spiro atoms. The summed E-state index contributed by atoms with van der Waals surface area (Å²) in [5, 5.41) is 11.7. The summed E-state index contributed by atoms with van der Waals surface area (Å²) in [6.45, 7) is 0.748. The maximum Gasteiger partial charge on any atom is 0.222 e. The van der Waals surface area contributed by atoms with Crippen LogP contribution in [0.3, 0.4) is 0 Å². The largest absolute Gasteiger partial charge is 0.356 e. The number of amides is 1. The quantitative estimate of drug-likeness (QED) is 0.778. The standard InChI is InChI=1S/C8H12N4OS/c1-12-4-6(2-3-7(12)13)10-8-11-9-5-14-8/h5-6H,2-4H2,1H3,(H,10,11). The highest BCUT2D eigenvalue weighted by Gasteiger charge is 2.22. The van der Waals surface area contributed by atoms with Gasteiger partial charge in [0.25, 0.3) is 0 Å². The maximum absolute atomic E-state index is 11.2. The summed E-state index contributed by atoms with van der Waals surface area (Å²) < 4.78 is 0. The van der Waals surface area contributed by atoms with Crippen LogP contribution in [0.2, 0.25) is 0 Å². The number of aromatic nitrogens is 2. The number of rotatable bonds is 2. The summed E-state index contributed by atoms with van der Waals surface area (Å²) in [6.07, 6.45) is 1.50. The Morgan fingerprint density at radius 2 is 2.57 bits per heavy atom. The van der Waals surface area contributed by atoms with E-state index in [1.807, 2.05) is 7.05 Å². The Kier molecular flexibility index (Phi) is 2.62. The summed E-state index contributed by atoms with van der Waals surface area (Å²) in [5.41, 5.74) is 1.69. The Morgan fingerprint density at radius 3 is 3.21 bits per heavy atom. The minimum atomic E-state index is 0.223. The number of likely N-dealkylation sites (N-methyl/N-ethyl adjacent to an activating group) is 1. The fraction of sp³-hybridized carbons (Fsp3) is 0.625. The molecule has 76 valence electrons. The molecule has 1 N–H and O–H groups in total. The topological polar surface area (TPSA) is 58.1 Å². The van der Waals surface area contributed by atoms with Gasteiger partial charge in [-0.25, -0.2) is 0 Å². The van der Waals surface area contributed by atoms with Crippen molar-refractivity contribution in [1.82, 2.24) is 15.1 Å². The molecule has 1 amide bonds. The molecule has 1 saturated heterocycles. The van der Waals surface area contributed by atoms with Gasteiger partial charge in [0.15, 0.2) is 0 Å². The second kappa shape index (κ2) is 3.91. The minimum Gasteiger partial charge on any atom is -0.356 e. The van der Waals surface area contributed by atoms with Gasteiger partial charge >= 0.3 is 0 Å². The van der Waals surface area contributed by atoms with Gasteiger partial charge in [-0.3, -0.25) is 4.79 Å². The van der Waals surface area contributed by atoms with Crippen LogP contribution in [-0.2, 0) is 4.79 Å². The van der Waals surface area contributed by atoms with Gasteiger partial charge in [0.05, 0.1) is 0 Å². The molecule has 1 aromatic rings. The van der Waals surface area contributed by atoms with E-state index in [-0.39, 0.29) is 5.91 Å². The highest BCUT2D eigenvalue weighted by Crippen LogP contribution is 2.16. The number of hydrogen-bond acceptors (Lipinski definition) is 5. The first-order chi connectivity index (χ1) is 6.75. The Morgan fingerprint density at radius 1 is 1.71 bits per heavy atom. The lowest BCUT2D eigenvalue weighted by atomic mass is 10.1. The van der Waals surface area contributed by atoms with Crippen molar-refractivity contribution in [2.75, 3.05) is 18.9 Å². The molecular formula is C8H12N4OS. The Labute approximate surface area is 86.1 Å². The summed E-state index contributed by atoms with van der Waals surface area (Å²) >= 11 is 1.48. The van der Waals surface area contributed by atoms with Gasteiger partial charge in [-0.1, -0.05) is 11.3 Å². The molecular weight excluding hydrogens is 200 g/mol. The van der Waals surface area contributed by atoms with E-state index in [0.29, 0.717) is 12.5 Å². The molecule has 0 aliphatic carbocycles. The zero-order valence-electron chi connectivity index (χ0n) is 7.93. The number of carbonyl (C=O) groups excluding carboxylic acids is 1. The minimum absolute atomic E-state index is 0.223. The third-order valence-electron chi connectivity index (χ3n) is 2.31. The molecule has 1 aromatic heterocycles. The van der Waals surface area contributed by atoms with Crippen LogP contribution in [0.25, 0.3) is 0 Å². The number of likely N-dealkylation sites (tertiary alicyclic amines) is 1. The highest BCUT2D eigenvalue weighted by atomic mass is 32.1. The van der Waals surface area contributed by atoms with Crippen LogP contribution in [0.4, 0.5) is 5.13 Å². The molecule has 1 aliphatic rings. The van der Waals surface area contributed by atoms with Gasteiger partial charge in [-0.05, 0) is 6.42 Å². The van der Waals surface area contributed by atoms with E-state index in [2.05, 4.69) is 15.5 Å². The molecule has 0 bridgehead atoms. The Bertz CT molecular complexity index is 313. The van der Waals surface area contributed by atoms with Crippen LogP contribution in [0.5, 0.6) is 0 Å². The molecule has 0 radical (unpaired) electrons. The molecule has 1 aliphatic heterocycles. The van der Waals surface area contributed by atoms with E-state index < -0.39 is 0 Å². The third kappa shape index (κ3) is 2.01. The predicted molar refractivity (Wildman–Crippen MR) is 54.2 cm³/mol. The molecule has 2 heterocycles. The Balaban J connectivity index is 1.91. The zero-order chi connectivity index (χ0) is 9.97. The second-order valence-corrected chi connectivity index (χ2v) is 4.23. The number of nitrogens with zero attached hydrogens (tertiary/aromatic N) is 3. The molecule has 1 fully saturated rings. The van der Waals surface area contributed by atoms with Gasteiger partial charge in [-0.2, -0.15) is 0 Å². The van der Waals surface area contributed by atoms with Crippen LogP contribution in [0.1, 0.15) is 12.8 Å². The molecule has 14 heavy (non-hydrogen) atoms. The van der Waals surface area contributed by atoms with Crippen LogP contribution in [-0.4, -0.2) is 40.6 Å². The third-order valence-corrected chi connectivity index (χ3v) is 2.94. The molecule has 0 saturated carbocycles. The Hall–Kier alpha value is -1.17. The van der Waals surface area contributed by atoms with Crippen molar-refractivity contribution in [2.24, 2.45) is 0 Å². The van der Waals surface area contributed by atoms with E-state index in [1.165, 1.54) is 11.3 Å². The maximum atomic E-state index is 11.2. The summed E-state index contributed by atoms with van der Waals surface area (Å²) in [7, 11) is 1.83. The van der Waals surface area contributed by atoms with E-state index in [0.717, 1.165) is 18.1 Å². The van der Waals surface area contributed by atoms with Crippen molar-refractivity contribution in [3.8, 4) is 0 Å². The van der Waals surface area contributed by atoms with Crippen molar-refractivity contribution in [2.45, 2.75) is 18.9 Å². The number of hydrogen-bond donors (Lipinski definition) is 1. The average molecular weight is 212 g/mol. The van der Waals surface area contributed by atoms with Gasteiger partial charge < -0.3 is 10.2 Å². The van der Waals surface area contributed by atoms with Gasteiger partial charge in [-0.15, -0.1) is 10.2 Å². The predicted octanol–water partition coefficient (Wildman–Crippen LogP) is 0.571. The second-order valence-electron chi connectivity index (χ2n) is 3.40.